The standard InChI is InChI=1S/C25H40N8O4/c26-9-13-36-15-16-37-14-11-27-22(35)20-7-4-8-21(17-20)30-25-32-23(28-10-12-34)31-24(33-25)29-18-19-5-2-1-3-6-19/h4,7-8,17,19,34H,1-3,5-6,9-16,18,26H2,(H,27,35)(H3,28,29,30,31,32,33). The fourth-order valence-electron chi connectivity index (χ4n) is 4.00. The first-order chi connectivity index (χ1) is 18.2. The van der Waals surface area contributed by atoms with Crippen molar-refractivity contribution < 1.29 is 19.4 Å². The number of aliphatic hydroxyl groups excluding tert-OH is 1. The second kappa shape index (κ2) is 16.6. The molecule has 1 saturated carbocycles. The number of hydrogen-bond acceptors (Lipinski definition) is 11. The van der Waals surface area contributed by atoms with Crippen molar-refractivity contribution in [3.8, 4) is 0 Å². The molecule has 1 aromatic carbocycles. The van der Waals surface area contributed by atoms with Gasteiger partial charge in [-0.25, -0.2) is 0 Å². The summed E-state index contributed by atoms with van der Waals surface area (Å²) in [5.41, 5.74) is 6.53. The van der Waals surface area contributed by atoms with Gasteiger partial charge in [0.15, 0.2) is 0 Å². The van der Waals surface area contributed by atoms with Gasteiger partial charge in [0.05, 0.1) is 33.0 Å². The number of aromatic nitrogens is 3. The number of nitrogens with one attached hydrogen (secondary N) is 4. The van der Waals surface area contributed by atoms with E-state index in [1.54, 1.807) is 18.2 Å². The van der Waals surface area contributed by atoms with Crippen LogP contribution >= 0.6 is 0 Å². The summed E-state index contributed by atoms with van der Waals surface area (Å²) in [5, 5.41) is 21.5. The molecule has 1 aromatic heterocycles. The summed E-state index contributed by atoms with van der Waals surface area (Å²) >= 11 is 0. The van der Waals surface area contributed by atoms with E-state index in [-0.39, 0.29) is 12.5 Å². The molecule has 0 atom stereocenters. The molecule has 37 heavy (non-hydrogen) atoms. The van der Waals surface area contributed by atoms with Crippen LogP contribution in [0.25, 0.3) is 0 Å². The van der Waals surface area contributed by atoms with Gasteiger partial charge >= 0.3 is 0 Å². The Kier molecular flexibility index (Phi) is 12.8. The van der Waals surface area contributed by atoms with E-state index in [1.165, 1.54) is 32.1 Å². The molecule has 12 nitrogen and oxygen atoms in total. The lowest BCUT2D eigenvalue weighted by Gasteiger charge is -2.21. The maximum Gasteiger partial charge on any atom is 0.251 e. The average Bonchev–Trinajstić information content (AvgIpc) is 2.93. The summed E-state index contributed by atoms with van der Waals surface area (Å²) in [6.07, 6.45) is 6.26. The molecule has 2 aromatic rings. The van der Waals surface area contributed by atoms with E-state index in [4.69, 9.17) is 15.2 Å². The third-order valence-electron chi connectivity index (χ3n) is 5.85. The smallest absolute Gasteiger partial charge is 0.251 e. The number of amides is 1. The van der Waals surface area contributed by atoms with Crippen LogP contribution in [-0.2, 0) is 9.47 Å². The number of nitrogens with zero attached hydrogens (tertiary/aromatic N) is 3. The van der Waals surface area contributed by atoms with Gasteiger partial charge in [-0.3, -0.25) is 4.79 Å². The van der Waals surface area contributed by atoms with Crippen molar-refractivity contribution in [1.82, 2.24) is 20.3 Å². The van der Waals surface area contributed by atoms with E-state index < -0.39 is 0 Å². The van der Waals surface area contributed by atoms with Crippen LogP contribution in [0, 0.1) is 5.92 Å². The van der Waals surface area contributed by atoms with Crippen molar-refractivity contribution in [2.45, 2.75) is 32.1 Å². The van der Waals surface area contributed by atoms with E-state index in [0.717, 1.165) is 6.54 Å². The maximum atomic E-state index is 12.6. The first-order valence-electron chi connectivity index (χ1n) is 13.0. The molecular weight excluding hydrogens is 476 g/mol. The molecule has 1 amide bonds. The summed E-state index contributed by atoms with van der Waals surface area (Å²) < 4.78 is 10.7. The SMILES string of the molecule is NCCOCCOCCNC(=O)c1cccc(Nc2nc(NCCO)nc(NCC3CCCCC3)n2)c1. The minimum atomic E-state index is -0.206. The van der Waals surface area contributed by atoms with Gasteiger partial charge in [0, 0.05) is 37.4 Å². The van der Waals surface area contributed by atoms with Crippen LogP contribution in [0.2, 0.25) is 0 Å². The summed E-state index contributed by atoms with van der Waals surface area (Å²) in [4.78, 5) is 25.9. The van der Waals surface area contributed by atoms with Crippen LogP contribution in [0.15, 0.2) is 24.3 Å². The van der Waals surface area contributed by atoms with Crippen LogP contribution in [0.5, 0.6) is 0 Å². The Morgan fingerprint density at radius 1 is 0.946 bits per heavy atom. The minimum Gasteiger partial charge on any atom is -0.395 e. The molecule has 0 aliphatic heterocycles. The molecule has 0 saturated heterocycles. The predicted molar refractivity (Wildman–Crippen MR) is 143 cm³/mol. The fraction of sp³-hybridized carbons (Fsp3) is 0.600. The third kappa shape index (κ3) is 10.8. The summed E-state index contributed by atoms with van der Waals surface area (Å²) in [7, 11) is 0. The molecule has 12 heteroatoms. The van der Waals surface area contributed by atoms with Crippen LogP contribution in [0.4, 0.5) is 23.5 Å². The Hall–Kier alpha value is -3.06. The number of hydrogen-bond donors (Lipinski definition) is 6. The van der Waals surface area contributed by atoms with E-state index in [1.807, 2.05) is 6.07 Å². The number of anilines is 4. The Labute approximate surface area is 218 Å². The van der Waals surface area contributed by atoms with Crippen molar-refractivity contribution in [1.29, 1.82) is 0 Å². The lowest BCUT2D eigenvalue weighted by molar-refractivity contribution is 0.0511. The largest absolute Gasteiger partial charge is 0.395 e. The summed E-state index contributed by atoms with van der Waals surface area (Å²) in [6.45, 7) is 3.79. The van der Waals surface area contributed by atoms with Gasteiger partial charge in [0.1, 0.15) is 0 Å². The normalized spacial score (nSPS) is 13.8. The van der Waals surface area contributed by atoms with Gasteiger partial charge in [-0.05, 0) is 37.0 Å². The molecule has 1 fully saturated rings. The van der Waals surface area contributed by atoms with Crippen molar-refractivity contribution >= 4 is 29.4 Å². The highest BCUT2D eigenvalue weighted by Gasteiger charge is 2.15. The molecule has 1 heterocycles. The third-order valence-corrected chi connectivity index (χ3v) is 5.85. The first kappa shape index (κ1) is 28.5. The second-order valence-corrected chi connectivity index (χ2v) is 8.82. The lowest BCUT2D eigenvalue weighted by Crippen LogP contribution is -2.27. The number of nitrogens with two attached hydrogens (primary N) is 1. The Balaban J connectivity index is 1.55. The van der Waals surface area contributed by atoms with Gasteiger partial charge in [0.2, 0.25) is 17.8 Å². The van der Waals surface area contributed by atoms with E-state index in [9.17, 15) is 9.90 Å². The Morgan fingerprint density at radius 3 is 2.43 bits per heavy atom. The minimum absolute atomic E-state index is 0.0382. The highest BCUT2D eigenvalue weighted by atomic mass is 16.5. The molecule has 0 unspecified atom stereocenters. The number of ether oxygens (including phenoxy) is 2. The lowest BCUT2D eigenvalue weighted by atomic mass is 9.89. The molecule has 0 bridgehead atoms. The maximum absolute atomic E-state index is 12.6. The van der Waals surface area contributed by atoms with Crippen LogP contribution in [0.3, 0.4) is 0 Å². The van der Waals surface area contributed by atoms with Crippen molar-refractivity contribution in [2.24, 2.45) is 11.7 Å². The second-order valence-electron chi connectivity index (χ2n) is 8.82. The monoisotopic (exact) mass is 516 g/mol. The predicted octanol–water partition coefficient (Wildman–Crippen LogP) is 1.73. The van der Waals surface area contributed by atoms with Crippen molar-refractivity contribution in [2.75, 3.05) is 75.2 Å². The summed E-state index contributed by atoms with van der Waals surface area (Å²) in [6, 6.07) is 7.09. The molecule has 204 valence electrons. The molecule has 0 radical (unpaired) electrons. The van der Waals surface area contributed by atoms with Crippen LogP contribution < -0.4 is 27.0 Å². The zero-order valence-electron chi connectivity index (χ0n) is 21.4. The molecular formula is C25H40N8O4. The van der Waals surface area contributed by atoms with Crippen LogP contribution in [0.1, 0.15) is 42.5 Å². The molecule has 7 N–H and O–H groups in total. The molecule has 0 spiro atoms. The van der Waals surface area contributed by atoms with Crippen molar-refractivity contribution in [3.05, 3.63) is 29.8 Å². The van der Waals surface area contributed by atoms with Crippen LogP contribution in [-0.4, -0.2) is 85.2 Å². The zero-order valence-corrected chi connectivity index (χ0v) is 21.4. The quantitative estimate of drug-likeness (QED) is 0.169. The van der Waals surface area contributed by atoms with Gasteiger partial charge < -0.3 is 41.6 Å². The van der Waals surface area contributed by atoms with Gasteiger partial charge in [-0.15, -0.1) is 0 Å². The highest BCUT2D eigenvalue weighted by Crippen LogP contribution is 2.24. The van der Waals surface area contributed by atoms with E-state index in [0.29, 0.717) is 81.1 Å². The van der Waals surface area contributed by atoms with Gasteiger partial charge in [-0.1, -0.05) is 25.3 Å². The Morgan fingerprint density at radius 2 is 1.68 bits per heavy atom. The average molecular weight is 517 g/mol. The number of benzene rings is 1. The van der Waals surface area contributed by atoms with E-state index in [2.05, 4.69) is 36.2 Å². The molecule has 3 rings (SSSR count). The fourth-order valence-corrected chi connectivity index (χ4v) is 4.00. The molecule has 1 aliphatic rings. The number of rotatable bonds is 17. The zero-order chi connectivity index (χ0) is 26.1. The Bertz CT molecular complexity index is 943. The van der Waals surface area contributed by atoms with Gasteiger partial charge in [-0.2, -0.15) is 15.0 Å². The summed E-state index contributed by atoms with van der Waals surface area (Å²) in [5.74, 6) is 1.57. The topological polar surface area (TPSA) is 169 Å². The van der Waals surface area contributed by atoms with E-state index >= 15 is 0 Å². The number of carbonyl (C=O) groups excluding carboxylic acids is 1. The number of aliphatic hydroxyl groups is 1. The number of carbonyl (C=O) groups is 1. The molecule has 1 aliphatic carbocycles. The van der Waals surface area contributed by atoms with Gasteiger partial charge in [0.25, 0.3) is 5.91 Å². The van der Waals surface area contributed by atoms with Crippen molar-refractivity contribution in [3.63, 3.8) is 0 Å². The highest BCUT2D eigenvalue weighted by molar-refractivity contribution is 5.95. The first-order valence-corrected chi connectivity index (χ1v) is 13.0.